The second kappa shape index (κ2) is 4.78. The molecule has 0 amide bonds. The molecule has 0 bridgehead atoms. The number of hydrogen-bond acceptors (Lipinski definition) is 2. The number of carboxylic acids is 1. The van der Waals surface area contributed by atoms with Crippen LogP contribution in [0.3, 0.4) is 0 Å². The lowest BCUT2D eigenvalue weighted by Crippen LogP contribution is -2.31. The van der Waals surface area contributed by atoms with E-state index >= 15 is 0 Å². The minimum atomic E-state index is -0.654. The molecule has 0 saturated heterocycles. The Morgan fingerprint density at radius 3 is 2.76 bits per heavy atom. The molecule has 0 atom stereocenters. The highest BCUT2D eigenvalue weighted by Crippen LogP contribution is 2.46. The lowest BCUT2D eigenvalue weighted by molar-refractivity contribution is -0.144. The van der Waals surface area contributed by atoms with Crippen LogP contribution >= 0.6 is 15.9 Å². The van der Waals surface area contributed by atoms with Crippen molar-refractivity contribution < 1.29 is 9.90 Å². The molecule has 1 aromatic carbocycles. The zero-order chi connectivity index (χ0) is 12.5. The van der Waals surface area contributed by atoms with Crippen molar-refractivity contribution in [3.8, 4) is 0 Å². The van der Waals surface area contributed by atoms with E-state index in [4.69, 9.17) is 5.11 Å². The molecule has 0 aromatic heterocycles. The second-order valence-corrected chi connectivity index (χ2v) is 5.80. The Balaban J connectivity index is 1.94. The number of rotatable bonds is 5. The van der Waals surface area contributed by atoms with Gasteiger partial charge in [0.05, 0.1) is 5.41 Å². The molecular formula is C13H16BrNO2. The summed E-state index contributed by atoms with van der Waals surface area (Å²) in [6, 6.07) is 8.11. The maximum Gasteiger partial charge on any atom is 0.310 e. The minimum Gasteiger partial charge on any atom is -0.481 e. The van der Waals surface area contributed by atoms with Gasteiger partial charge in [0.15, 0.2) is 0 Å². The number of nitrogens with zero attached hydrogens (tertiary/aromatic N) is 1. The summed E-state index contributed by atoms with van der Waals surface area (Å²) >= 11 is 3.44. The Kier molecular flexibility index (Phi) is 3.54. The van der Waals surface area contributed by atoms with Crippen LogP contribution in [-0.2, 0) is 11.3 Å². The Morgan fingerprint density at radius 1 is 1.53 bits per heavy atom. The molecule has 0 unspecified atom stereocenters. The topological polar surface area (TPSA) is 40.5 Å². The van der Waals surface area contributed by atoms with Crippen LogP contribution in [0.5, 0.6) is 0 Å². The fraction of sp³-hybridized carbons (Fsp3) is 0.462. The summed E-state index contributed by atoms with van der Waals surface area (Å²) in [6.45, 7) is 1.42. The van der Waals surface area contributed by atoms with Crippen molar-refractivity contribution in [1.82, 2.24) is 4.90 Å². The zero-order valence-electron chi connectivity index (χ0n) is 9.82. The maximum absolute atomic E-state index is 11.1. The van der Waals surface area contributed by atoms with E-state index in [1.807, 2.05) is 19.2 Å². The summed E-state index contributed by atoms with van der Waals surface area (Å²) in [5.74, 6) is -0.654. The first-order valence-corrected chi connectivity index (χ1v) is 6.47. The average molecular weight is 298 g/mol. The van der Waals surface area contributed by atoms with Crippen molar-refractivity contribution in [1.29, 1.82) is 0 Å². The molecule has 1 saturated carbocycles. The smallest absolute Gasteiger partial charge is 0.310 e. The van der Waals surface area contributed by atoms with Gasteiger partial charge in [-0.05, 0) is 37.6 Å². The molecule has 1 fully saturated rings. The van der Waals surface area contributed by atoms with E-state index in [0.29, 0.717) is 6.54 Å². The summed E-state index contributed by atoms with van der Waals surface area (Å²) in [7, 11) is 1.98. The highest BCUT2D eigenvalue weighted by molar-refractivity contribution is 9.10. The molecular weight excluding hydrogens is 282 g/mol. The van der Waals surface area contributed by atoms with Gasteiger partial charge in [0.2, 0.25) is 0 Å². The van der Waals surface area contributed by atoms with Crippen LogP contribution in [0, 0.1) is 5.41 Å². The molecule has 0 heterocycles. The molecule has 3 nitrogen and oxygen atoms in total. The Labute approximate surface area is 110 Å². The van der Waals surface area contributed by atoms with Crippen LogP contribution in [0.1, 0.15) is 18.4 Å². The van der Waals surface area contributed by atoms with Crippen LogP contribution in [-0.4, -0.2) is 29.6 Å². The molecule has 1 aliphatic rings. The second-order valence-electron chi connectivity index (χ2n) is 4.89. The molecule has 17 heavy (non-hydrogen) atoms. The van der Waals surface area contributed by atoms with Crippen molar-refractivity contribution in [3.63, 3.8) is 0 Å². The zero-order valence-corrected chi connectivity index (χ0v) is 11.4. The number of benzene rings is 1. The number of hydrogen-bond donors (Lipinski definition) is 1. The third-order valence-corrected chi connectivity index (χ3v) is 3.71. The summed E-state index contributed by atoms with van der Waals surface area (Å²) in [4.78, 5) is 13.2. The molecule has 0 aliphatic heterocycles. The van der Waals surface area contributed by atoms with Gasteiger partial charge in [-0.25, -0.2) is 0 Å². The van der Waals surface area contributed by atoms with Gasteiger partial charge in [0.25, 0.3) is 0 Å². The molecule has 4 heteroatoms. The molecule has 1 aliphatic carbocycles. The normalized spacial score (nSPS) is 17.1. The van der Waals surface area contributed by atoms with E-state index in [0.717, 1.165) is 23.9 Å². The third-order valence-electron chi connectivity index (χ3n) is 3.22. The first-order chi connectivity index (χ1) is 8.02. The number of carbonyl (C=O) groups is 1. The van der Waals surface area contributed by atoms with Gasteiger partial charge in [-0.3, -0.25) is 4.79 Å². The van der Waals surface area contributed by atoms with Crippen molar-refractivity contribution in [2.75, 3.05) is 13.6 Å². The van der Waals surface area contributed by atoms with E-state index in [9.17, 15) is 4.79 Å². The first-order valence-electron chi connectivity index (χ1n) is 5.68. The van der Waals surface area contributed by atoms with Crippen LogP contribution in [0.2, 0.25) is 0 Å². The Hall–Kier alpha value is -0.870. The predicted octanol–water partition coefficient (Wildman–Crippen LogP) is 2.75. The van der Waals surface area contributed by atoms with Crippen LogP contribution in [0.25, 0.3) is 0 Å². The van der Waals surface area contributed by atoms with Crippen LogP contribution in [0.15, 0.2) is 28.7 Å². The van der Waals surface area contributed by atoms with E-state index < -0.39 is 11.4 Å². The Bertz CT molecular complexity index is 429. The number of halogens is 1. The quantitative estimate of drug-likeness (QED) is 0.908. The predicted molar refractivity (Wildman–Crippen MR) is 69.8 cm³/mol. The summed E-state index contributed by atoms with van der Waals surface area (Å²) < 4.78 is 1.06. The standard InChI is InChI=1S/C13H16BrNO2/c1-15(9-13(5-6-13)12(16)17)8-10-3-2-4-11(14)7-10/h2-4,7H,5-6,8-9H2,1H3,(H,16,17). The van der Waals surface area contributed by atoms with Gasteiger partial charge >= 0.3 is 5.97 Å². The fourth-order valence-electron chi connectivity index (χ4n) is 2.11. The summed E-state index contributed by atoms with van der Waals surface area (Å²) in [6.07, 6.45) is 1.62. The first kappa shape index (κ1) is 12.6. The number of carboxylic acid groups (broad SMARTS) is 1. The number of aliphatic carboxylic acids is 1. The summed E-state index contributed by atoms with van der Waals surface area (Å²) in [5.41, 5.74) is 0.726. The van der Waals surface area contributed by atoms with Gasteiger partial charge < -0.3 is 10.0 Å². The van der Waals surface area contributed by atoms with Gasteiger partial charge in [-0.2, -0.15) is 0 Å². The van der Waals surface area contributed by atoms with E-state index in [-0.39, 0.29) is 0 Å². The minimum absolute atomic E-state index is 0.471. The largest absolute Gasteiger partial charge is 0.481 e. The lowest BCUT2D eigenvalue weighted by atomic mass is 10.1. The highest BCUT2D eigenvalue weighted by atomic mass is 79.9. The van der Waals surface area contributed by atoms with Crippen molar-refractivity contribution in [3.05, 3.63) is 34.3 Å². The monoisotopic (exact) mass is 297 g/mol. The lowest BCUT2D eigenvalue weighted by Gasteiger charge is -2.21. The van der Waals surface area contributed by atoms with E-state index in [2.05, 4.69) is 33.0 Å². The molecule has 1 aromatic rings. The maximum atomic E-state index is 11.1. The van der Waals surface area contributed by atoms with Gasteiger partial charge in [0.1, 0.15) is 0 Å². The third kappa shape index (κ3) is 3.07. The van der Waals surface area contributed by atoms with Crippen molar-refractivity contribution in [2.45, 2.75) is 19.4 Å². The molecule has 92 valence electrons. The van der Waals surface area contributed by atoms with Gasteiger partial charge in [-0.1, -0.05) is 28.1 Å². The van der Waals surface area contributed by atoms with Crippen molar-refractivity contribution >= 4 is 21.9 Å². The Morgan fingerprint density at radius 2 is 2.24 bits per heavy atom. The van der Waals surface area contributed by atoms with Gasteiger partial charge in [-0.15, -0.1) is 0 Å². The van der Waals surface area contributed by atoms with E-state index in [1.165, 1.54) is 5.56 Å². The molecule has 0 spiro atoms. The van der Waals surface area contributed by atoms with Crippen molar-refractivity contribution in [2.24, 2.45) is 5.41 Å². The molecule has 1 N–H and O–H groups in total. The van der Waals surface area contributed by atoms with Crippen LogP contribution in [0.4, 0.5) is 0 Å². The highest BCUT2D eigenvalue weighted by Gasteiger charge is 2.50. The molecule has 2 rings (SSSR count). The molecule has 0 radical (unpaired) electrons. The van der Waals surface area contributed by atoms with E-state index in [1.54, 1.807) is 0 Å². The average Bonchev–Trinajstić information content (AvgIpc) is 2.98. The van der Waals surface area contributed by atoms with Gasteiger partial charge in [0, 0.05) is 17.6 Å². The SMILES string of the molecule is CN(Cc1cccc(Br)c1)CC1(C(=O)O)CC1. The van der Waals surface area contributed by atoms with Crippen LogP contribution < -0.4 is 0 Å². The fourth-order valence-corrected chi connectivity index (χ4v) is 2.56. The summed E-state index contributed by atoms with van der Waals surface area (Å²) in [5, 5.41) is 9.13.